The second kappa shape index (κ2) is 10.7. The number of hydrogen-bond donors (Lipinski definition) is 2. The SMILES string of the molecule is I.NC(=NCc1cccc(OCC(F)(F)F)c1)NC1CCCCCC1. The van der Waals surface area contributed by atoms with Crippen LogP contribution in [0.2, 0.25) is 0 Å². The van der Waals surface area contributed by atoms with Crippen LogP contribution in [0, 0.1) is 0 Å². The van der Waals surface area contributed by atoms with Crippen LogP contribution < -0.4 is 15.8 Å². The number of benzene rings is 1. The third-order valence-electron chi connectivity index (χ3n) is 3.94. The minimum Gasteiger partial charge on any atom is -0.484 e. The Kier molecular flexibility index (Phi) is 9.37. The fourth-order valence-corrected chi connectivity index (χ4v) is 2.75. The first kappa shape index (κ1) is 21.9. The zero-order valence-corrected chi connectivity index (χ0v) is 16.3. The van der Waals surface area contributed by atoms with E-state index in [2.05, 4.69) is 10.3 Å². The second-order valence-corrected chi connectivity index (χ2v) is 6.09. The number of halogens is 4. The molecule has 0 bridgehead atoms. The molecule has 3 N–H and O–H groups in total. The molecule has 1 fully saturated rings. The molecule has 0 unspecified atom stereocenters. The van der Waals surface area contributed by atoms with Gasteiger partial charge in [-0.3, -0.25) is 0 Å². The third-order valence-corrected chi connectivity index (χ3v) is 3.94. The summed E-state index contributed by atoms with van der Waals surface area (Å²) in [6.45, 7) is -1.00. The Bertz CT molecular complexity index is 544. The van der Waals surface area contributed by atoms with E-state index in [0.717, 1.165) is 18.4 Å². The Morgan fingerprint density at radius 3 is 2.52 bits per heavy atom. The van der Waals surface area contributed by atoms with Crippen LogP contribution in [-0.4, -0.2) is 24.8 Å². The predicted octanol–water partition coefficient (Wildman–Crippen LogP) is 4.37. The predicted molar refractivity (Wildman–Crippen MR) is 103 cm³/mol. The molecule has 25 heavy (non-hydrogen) atoms. The number of alkyl halides is 3. The third kappa shape index (κ3) is 9.18. The molecule has 0 radical (unpaired) electrons. The molecule has 1 aliphatic carbocycles. The first-order valence-electron chi connectivity index (χ1n) is 8.27. The number of nitrogens with zero attached hydrogens (tertiary/aromatic N) is 1. The van der Waals surface area contributed by atoms with Gasteiger partial charge in [0, 0.05) is 6.04 Å². The van der Waals surface area contributed by atoms with Crippen LogP contribution in [0.25, 0.3) is 0 Å². The minimum absolute atomic E-state index is 0. The lowest BCUT2D eigenvalue weighted by atomic mass is 10.1. The van der Waals surface area contributed by atoms with Gasteiger partial charge in [0.25, 0.3) is 0 Å². The molecule has 0 spiro atoms. The molecule has 1 saturated carbocycles. The number of nitrogens with two attached hydrogens (primary N) is 1. The van der Waals surface area contributed by atoms with Gasteiger partial charge < -0.3 is 15.8 Å². The quantitative estimate of drug-likeness (QED) is 0.290. The van der Waals surface area contributed by atoms with Crippen LogP contribution in [0.4, 0.5) is 13.2 Å². The van der Waals surface area contributed by atoms with E-state index in [1.165, 1.54) is 31.7 Å². The van der Waals surface area contributed by atoms with Gasteiger partial charge in [-0.1, -0.05) is 37.8 Å². The monoisotopic (exact) mass is 471 g/mol. The highest BCUT2D eigenvalue weighted by Gasteiger charge is 2.28. The fourth-order valence-electron chi connectivity index (χ4n) is 2.75. The molecule has 0 amide bonds. The molecule has 4 nitrogen and oxygen atoms in total. The van der Waals surface area contributed by atoms with Crippen LogP contribution in [0.5, 0.6) is 5.75 Å². The van der Waals surface area contributed by atoms with Crippen molar-refractivity contribution in [2.24, 2.45) is 10.7 Å². The summed E-state index contributed by atoms with van der Waals surface area (Å²) >= 11 is 0. The van der Waals surface area contributed by atoms with E-state index in [1.807, 2.05) is 0 Å². The maximum absolute atomic E-state index is 12.2. The van der Waals surface area contributed by atoms with Crippen molar-refractivity contribution < 1.29 is 17.9 Å². The van der Waals surface area contributed by atoms with Gasteiger partial charge in [-0.05, 0) is 30.5 Å². The van der Waals surface area contributed by atoms with E-state index >= 15 is 0 Å². The van der Waals surface area contributed by atoms with Gasteiger partial charge >= 0.3 is 6.18 Å². The fraction of sp³-hybridized carbons (Fsp3) is 0.588. The van der Waals surface area contributed by atoms with E-state index in [9.17, 15) is 13.2 Å². The van der Waals surface area contributed by atoms with Gasteiger partial charge in [-0.2, -0.15) is 13.2 Å². The number of hydrogen-bond acceptors (Lipinski definition) is 2. The van der Waals surface area contributed by atoms with Crippen LogP contribution in [0.1, 0.15) is 44.1 Å². The van der Waals surface area contributed by atoms with Crippen LogP contribution in [0.3, 0.4) is 0 Å². The van der Waals surface area contributed by atoms with Crippen molar-refractivity contribution in [1.82, 2.24) is 5.32 Å². The summed E-state index contributed by atoms with van der Waals surface area (Å²) in [6, 6.07) is 6.83. The number of aliphatic imine (C=N–C) groups is 1. The Morgan fingerprint density at radius 2 is 1.88 bits per heavy atom. The van der Waals surface area contributed by atoms with Gasteiger partial charge in [0.1, 0.15) is 5.75 Å². The topological polar surface area (TPSA) is 59.6 Å². The molecular formula is C17H25F3IN3O. The van der Waals surface area contributed by atoms with Crippen LogP contribution in [0.15, 0.2) is 29.3 Å². The summed E-state index contributed by atoms with van der Waals surface area (Å²) in [4.78, 5) is 4.27. The van der Waals surface area contributed by atoms with Crippen molar-refractivity contribution in [3.63, 3.8) is 0 Å². The van der Waals surface area contributed by atoms with E-state index in [0.29, 0.717) is 18.5 Å². The highest BCUT2D eigenvalue weighted by Crippen LogP contribution is 2.20. The van der Waals surface area contributed by atoms with E-state index in [4.69, 9.17) is 10.5 Å². The first-order chi connectivity index (χ1) is 11.4. The van der Waals surface area contributed by atoms with Crippen LogP contribution >= 0.6 is 24.0 Å². The Balaban J connectivity index is 0.00000312. The van der Waals surface area contributed by atoms with Gasteiger partial charge in [0.2, 0.25) is 0 Å². The molecule has 0 saturated heterocycles. The highest BCUT2D eigenvalue weighted by atomic mass is 127. The summed E-state index contributed by atoms with van der Waals surface area (Å²) in [5, 5.41) is 3.24. The average Bonchev–Trinajstić information content (AvgIpc) is 2.79. The summed E-state index contributed by atoms with van der Waals surface area (Å²) in [7, 11) is 0. The summed E-state index contributed by atoms with van der Waals surface area (Å²) < 4.78 is 41.3. The molecule has 142 valence electrons. The molecule has 8 heteroatoms. The van der Waals surface area contributed by atoms with E-state index in [-0.39, 0.29) is 29.7 Å². The average molecular weight is 471 g/mol. The lowest BCUT2D eigenvalue weighted by Gasteiger charge is -2.16. The van der Waals surface area contributed by atoms with Crippen molar-refractivity contribution in [2.75, 3.05) is 6.61 Å². The zero-order chi connectivity index (χ0) is 17.4. The minimum atomic E-state index is -4.35. The van der Waals surface area contributed by atoms with E-state index in [1.54, 1.807) is 18.2 Å². The summed E-state index contributed by atoms with van der Waals surface area (Å²) in [6.07, 6.45) is 2.77. The molecular weight excluding hydrogens is 446 g/mol. The summed E-state index contributed by atoms with van der Waals surface area (Å²) in [5.74, 6) is 0.554. The van der Waals surface area contributed by atoms with Crippen molar-refractivity contribution in [3.05, 3.63) is 29.8 Å². The maximum atomic E-state index is 12.2. The van der Waals surface area contributed by atoms with Crippen LogP contribution in [-0.2, 0) is 6.54 Å². The first-order valence-corrected chi connectivity index (χ1v) is 8.27. The Hall–Kier alpha value is -1.19. The van der Waals surface area contributed by atoms with Gasteiger partial charge in [-0.25, -0.2) is 4.99 Å². The van der Waals surface area contributed by atoms with E-state index < -0.39 is 12.8 Å². The molecule has 0 aliphatic heterocycles. The lowest BCUT2D eigenvalue weighted by Crippen LogP contribution is -2.39. The molecule has 1 aliphatic rings. The van der Waals surface area contributed by atoms with Gasteiger partial charge in [-0.15, -0.1) is 24.0 Å². The number of rotatable bonds is 5. The summed E-state index contributed by atoms with van der Waals surface area (Å²) in [5.41, 5.74) is 6.67. The van der Waals surface area contributed by atoms with Gasteiger partial charge in [0.05, 0.1) is 6.54 Å². The number of guanidine groups is 1. The molecule has 1 aromatic carbocycles. The molecule has 1 aromatic rings. The Labute approximate surface area is 163 Å². The Morgan fingerprint density at radius 1 is 1.20 bits per heavy atom. The van der Waals surface area contributed by atoms with Crippen molar-refractivity contribution in [3.8, 4) is 5.75 Å². The molecule has 0 aromatic heterocycles. The second-order valence-electron chi connectivity index (χ2n) is 6.09. The van der Waals surface area contributed by atoms with Gasteiger partial charge in [0.15, 0.2) is 12.6 Å². The molecule has 0 heterocycles. The largest absolute Gasteiger partial charge is 0.484 e. The zero-order valence-electron chi connectivity index (χ0n) is 14.0. The number of ether oxygens (including phenoxy) is 1. The molecule has 0 atom stereocenters. The smallest absolute Gasteiger partial charge is 0.422 e. The maximum Gasteiger partial charge on any atom is 0.422 e. The van der Waals surface area contributed by atoms with Crippen molar-refractivity contribution >= 4 is 29.9 Å². The number of nitrogens with one attached hydrogen (secondary N) is 1. The van der Waals surface area contributed by atoms with Crippen molar-refractivity contribution in [1.29, 1.82) is 0 Å². The normalized spacial score (nSPS) is 16.7. The standard InChI is InChI=1S/C17H24F3N3O.HI/c18-17(19,20)12-24-15-9-5-6-13(10-15)11-22-16(21)23-14-7-3-1-2-4-8-14;/h5-6,9-10,14H,1-4,7-8,11-12H2,(H3,21,22,23);1H. The van der Waals surface area contributed by atoms with Crippen molar-refractivity contribution in [2.45, 2.75) is 57.3 Å². The highest BCUT2D eigenvalue weighted by molar-refractivity contribution is 14.0. The lowest BCUT2D eigenvalue weighted by molar-refractivity contribution is -0.153. The molecule has 2 rings (SSSR count).